The third kappa shape index (κ3) is 7.21. The zero-order valence-electron chi connectivity index (χ0n) is 14.6. The lowest BCUT2D eigenvalue weighted by molar-refractivity contribution is 0.0947. The van der Waals surface area contributed by atoms with E-state index in [9.17, 15) is 4.79 Å². The number of aromatic nitrogens is 1. The molecule has 3 rings (SSSR count). The molecule has 1 fully saturated rings. The van der Waals surface area contributed by atoms with Crippen LogP contribution in [0, 0.1) is 0 Å². The number of carbonyl (C=O) groups excluding carboxylic acids is 1. The van der Waals surface area contributed by atoms with Crippen LogP contribution in [0.1, 0.15) is 27.5 Å². The van der Waals surface area contributed by atoms with E-state index in [2.05, 4.69) is 32.7 Å². The first-order chi connectivity index (χ1) is 11.8. The summed E-state index contributed by atoms with van der Waals surface area (Å²) in [5.41, 5.74) is 1.75. The van der Waals surface area contributed by atoms with Crippen molar-refractivity contribution in [3.8, 4) is 0 Å². The van der Waals surface area contributed by atoms with Gasteiger partial charge in [0.05, 0.1) is 5.01 Å². The third-order valence-electron chi connectivity index (χ3n) is 4.13. The van der Waals surface area contributed by atoms with Gasteiger partial charge in [-0.05, 0) is 18.5 Å². The van der Waals surface area contributed by atoms with Crippen molar-refractivity contribution in [3.05, 3.63) is 52.0 Å². The Morgan fingerprint density at radius 2 is 1.92 bits per heavy atom. The average Bonchev–Trinajstić information content (AvgIpc) is 3.09. The molecule has 0 aliphatic carbocycles. The molecule has 0 unspecified atom stereocenters. The Kier molecular flexibility index (Phi) is 10.8. The fourth-order valence-electron chi connectivity index (χ4n) is 2.80. The van der Waals surface area contributed by atoms with Crippen molar-refractivity contribution >= 4 is 42.1 Å². The zero-order valence-corrected chi connectivity index (χ0v) is 17.1. The van der Waals surface area contributed by atoms with Gasteiger partial charge in [-0.3, -0.25) is 4.79 Å². The lowest BCUT2D eigenvalue weighted by atomic mass is 10.2. The summed E-state index contributed by atoms with van der Waals surface area (Å²) in [5.74, 6) is -0.0640. The third-order valence-corrected chi connectivity index (χ3v) is 4.98. The minimum atomic E-state index is -0.0640. The Morgan fingerprint density at radius 1 is 1.19 bits per heavy atom. The second-order valence-electron chi connectivity index (χ2n) is 5.99. The van der Waals surface area contributed by atoms with Gasteiger partial charge in [0.15, 0.2) is 0 Å². The van der Waals surface area contributed by atoms with E-state index in [1.165, 1.54) is 5.56 Å². The topological polar surface area (TPSA) is 57.3 Å². The fraction of sp³-hybridized carbons (Fsp3) is 0.444. The summed E-state index contributed by atoms with van der Waals surface area (Å²) in [6.07, 6.45) is 1.76. The quantitative estimate of drug-likeness (QED) is 0.680. The summed E-state index contributed by atoms with van der Waals surface area (Å²) >= 11 is 1.55. The first kappa shape index (κ1) is 22.9. The highest BCUT2D eigenvalue weighted by Gasteiger charge is 2.12. The highest BCUT2D eigenvalue weighted by Crippen LogP contribution is 2.14. The summed E-state index contributed by atoms with van der Waals surface area (Å²) in [5, 5.41) is 9.15. The molecule has 1 aliphatic rings. The number of halogens is 2. The van der Waals surface area contributed by atoms with Crippen LogP contribution in [0.4, 0.5) is 0 Å². The molecule has 1 amide bonds. The molecule has 1 aliphatic heterocycles. The lowest BCUT2D eigenvalue weighted by Crippen LogP contribution is -2.44. The predicted octanol–water partition coefficient (Wildman–Crippen LogP) is 2.60. The van der Waals surface area contributed by atoms with Gasteiger partial charge in [-0.1, -0.05) is 30.3 Å². The number of nitrogens with one attached hydrogen (secondary N) is 2. The number of carbonyl (C=O) groups is 1. The smallest absolute Gasteiger partial charge is 0.270 e. The number of piperazine rings is 1. The summed E-state index contributed by atoms with van der Waals surface area (Å²) in [7, 11) is 0. The Balaban J connectivity index is 0.00000169. The van der Waals surface area contributed by atoms with Crippen molar-refractivity contribution in [1.82, 2.24) is 20.5 Å². The standard InChI is InChI=1S/C18H24N4OS.2ClH/c23-18(20-7-4-10-22-11-8-19-9-12-22)16-14-24-17(21-16)13-15-5-2-1-3-6-15;;/h1-3,5-6,14,19H,4,7-13H2,(H,20,23);2*1H. The molecule has 8 heteroatoms. The molecule has 2 heterocycles. The van der Waals surface area contributed by atoms with E-state index in [4.69, 9.17) is 0 Å². The van der Waals surface area contributed by atoms with Gasteiger partial charge in [-0.25, -0.2) is 4.98 Å². The molecular weight excluding hydrogens is 391 g/mol. The van der Waals surface area contributed by atoms with Crippen LogP contribution in [0.25, 0.3) is 0 Å². The fourth-order valence-corrected chi connectivity index (χ4v) is 3.61. The van der Waals surface area contributed by atoms with Crippen LogP contribution in [0.15, 0.2) is 35.7 Å². The van der Waals surface area contributed by atoms with Gasteiger partial charge in [0.2, 0.25) is 0 Å². The van der Waals surface area contributed by atoms with E-state index in [0.29, 0.717) is 12.2 Å². The number of thiazole rings is 1. The first-order valence-electron chi connectivity index (χ1n) is 8.51. The monoisotopic (exact) mass is 416 g/mol. The molecule has 2 aromatic rings. The summed E-state index contributed by atoms with van der Waals surface area (Å²) in [6, 6.07) is 10.2. The van der Waals surface area contributed by atoms with Crippen LogP contribution in [0.5, 0.6) is 0 Å². The second-order valence-corrected chi connectivity index (χ2v) is 6.93. The summed E-state index contributed by atoms with van der Waals surface area (Å²) in [4.78, 5) is 19.1. The molecule has 1 aromatic carbocycles. The van der Waals surface area contributed by atoms with Gasteiger partial charge < -0.3 is 15.5 Å². The van der Waals surface area contributed by atoms with E-state index < -0.39 is 0 Å². The predicted molar refractivity (Wildman–Crippen MR) is 112 cm³/mol. The second kappa shape index (κ2) is 12.3. The van der Waals surface area contributed by atoms with Crippen LogP contribution >= 0.6 is 36.2 Å². The van der Waals surface area contributed by atoms with Gasteiger partial charge in [0.25, 0.3) is 5.91 Å². The molecule has 0 bridgehead atoms. The van der Waals surface area contributed by atoms with Crippen LogP contribution in [0.3, 0.4) is 0 Å². The molecule has 0 radical (unpaired) electrons. The van der Waals surface area contributed by atoms with Crippen molar-refractivity contribution in [2.75, 3.05) is 39.3 Å². The molecule has 1 aromatic heterocycles. The van der Waals surface area contributed by atoms with Crippen LogP contribution in [-0.4, -0.2) is 55.1 Å². The lowest BCUT2D eigenvalue weighted by Gasteiger charge is -2.26. The van der Waals surface area contributed by atoms with E-state index in [1.807, 2.05) is 23.6 Å². The van der Waals surface area contributed by atoms with Crippen molar-refractivity contribution in [2.24, 2.45) is 0 Å². The van der Waals surface area contributed by atoms with E-state index in [-0.39, 0.29) is 30.7 Å². The number of nitrogens with zero attached hydrogens (tertiary/aromatic N) is 2. The zero-order chi connectivity index (χ0) is 16.6. The van der Waals surface area contributed by atoms with E-state index >= 15 is 0 Å². The average molecular weight is 417 g/mol. The minimum absolute atomic E-state index is 0. The number of hydrogen-bond acceptors (Lipinski definition) is 5. The highest BCUT2D eigenvalue weighted by atomic mass is 35.5. The maximum atomic E-state index is 12.2. The maximum Gasteiger partial charge on any atom is 0.270 e. The normalized spacial score (nSPS) is 14.2. The molecule has 26 heavy (non-hydrogen) atoms. The molecule has 1 saturated heterocycles. The van der Waals surface area contributed by atoms with Gasteiger partial charge in [-0.2, -0.15) is 0 Å². The SMILES string of the molecule is Cl.Cl.O=C(NCCCN1CCNCC1)c1csc(Cc2ccccc2)n1. The van der Waals surface area contributed by atoms with Gasteiger partial charge in [0, 0.05) is 44.5 Å². The van der Waals surface area contributed by atoms with Crippen molar-refractivity contribution in [1.29, 1.82) is 0 Å². The molecule has 144 valence electrons. The molecule has 2 N–H and O–H groups in total. The highest BCUT2D eigenvalue weighted by molar-refractivity contribution is 7.09. The summed E-state index contributed by atoms with van der Waals surface area (Å²) < 4.78 is 0. The van der Waals surface area contributed by atoms with Crippen LogP contribution < -0.4 is 10.6 Å². The molecule has 0 spiro atoms. The number of hydrogen-bond donors (Lipinski definition) is 2. The molecular formula is C18H26Cl2N4OS. The molecule has 0 saturated carbocycles. The number of amides is 1. The molecule has 5 nitrogen and oxygen atoms in total. The Bertz CT molecular complexity index is 648. The summed E-state index contributed by atoms with van der Waals surface area (Å²) in [6.45, 7) is 6.07. The Hall–Kier alpha value is -1.18. The van der Waals surface area contributed by atoms with E-state index in [1.54, 1.807) is 11.3 Å². The van der Waals surface area contributed by atoms with E-state index in [0.717, 1.165) is 50.6 Å². The van der Waals surface area contributed by atoms with Gasteiger partial charge in [0.1, 0.15) is 5.69 Å². The number of benzene rings is 1. The van der Waals surface area contributed by atoms with Crippen molar-refractivity contribution in [3.63, 3.8) is 0 Å². The first-order valence-corrected chi connectivity index (χ1v) is 9.39. The Labute approximate surface area is 171 Å². The largest absolute Gasteiger partial charge is 0.351 e. The molecule has 0 atom stereocenters. The van der Waals surface area contributed by atoms with Crippen LogP contribution in [0.2, 0.25) is 0 Å². The van der Waals surface area contributed by atoms with Gasteiger partial charge in [-0.15, -0.1) is 36.2 Å². The minimum Gasteiger partial charge on any atom is -0.351 e. The maximum absolute atomic E-state index is 12.2. The van der Waals surface area contributed by atoms with Crippen molar-refractivity contribution < 1.29 is 4.79 Å². The van der Waals surface area contributed by atoms with Crippen LogP contribution in [-0.2, 0) is 6.42 Å². The number of rotatable bonds is 7. The van der Waals surface area contributed by atoms with Gasteiger partial charge >= 0.3 is 0 Å². The Morgan fingerprint density at radius 3 is 2.65 bits per heavy atom. The van der Waals surface area contributed by atoms with Crippen molar-refractivity contribution in [2.45, 2.75) is 12.8 Å².